The fourth-order valence-corrected chi connectivity index (χ4v) is 1.37. The summed E-state index contributed by atoms with van der Waals surface area (Å²) in [7, 11) is 0. The molecule has 1 aromatic carbocycles. The zero-order valence-electron chi connectivity index (χ0n) is 8.46. The normalized spacial score (nSPS) is 11.5. The Bertz CT molecular complexity index is 306. The van der Waals surface area contributed by atoms with E-state index in [9.17, 15) is 0 Å². The third-order valence-electron chi connectivity index (χ3n) is 1.82. The van der Waals surface area contributed by atoms with Crippen LogP contribution in [0.3, 0.4) is 0 Å². The molecule has 0 radical (unpaired) electrons. The van der Waals surface area contributed by atoms with Gasteiger partial charge in [0.15, 0.2) is 0 Å². The molecule has 0 amide bonds. The lowest BCUT2D eigenvalue weighted by atomic mass is 10.1. The smallest absolute Gasteiger partial charge is 0.114 e. The van der Waals surface area contributed by atoms with Gasteiger partial charge in [-0.1, -0.05) is 40.1 Å². The summed E-state index contributed by atoms with van der Waals surface area (Å²) in [6.45, 7) is 4.61. The van der Waals surface area contributed by atoms with Crippen LogP contribution in [-0.2, 0) is 4.84 Å². The molecule has 0 atom stereocenters. The molecular weight excluding hydrogens is 242 g/mol. The molecule has 14 heavy (non-hydrogen) atoms. The van der Waals surface area contributed by atoms with Crippen molar-refractivity contribution >= 4 is 21.6 Å². The fourth-order valence-electron chi connectivity index (χ4n) is 1.11. The molecule has 1 aromatic rings. The van der Waals surface area contributed by atoms with E-state index < -0.39 is 0 Å². The van der Waals surface area contributed by atoms with Crippen LogP contribution >= 0.6 is 15.9 Å². The van der Waals surface area contributed by atoms with E-state index in [4.69, 9.17) is 4.84 Å². The van der Waals surface area contributed by atoms with Crippen LogP contribution in [0.2, 0.25) is 0 Å². The number of nitrogens with zero attached hydrogens (tertiary/aromatic N) is 1. The minimum absolute atomic E-state index is 0.611. The third-order valence-corrected chi connectivity index (χ3v) is 2.34. The van der Waals surface area contributed by atoms with Gasteiger partial charge in [0.05, 0.1) is 5.71 Å². The summed E-state index contributed by atoms with van der Waals surface area (Å²) in [6, 6.07) is 8.08. The van der Waals surface area contributed by atoms with E-state index in [1.165, 1.54) is 0 Å². The minimum Gasteiger partial charge on any atom is -0.396 e. The highest BCUT2D eigenvalue weighted by molar-refractivity contribution is 9.10. The Morgan fingerprint density at radius 1 is 1.29 bits per heavy atom. The van der Waals surface area contributed by atoms with Crippen LogP contribution in [0.5, 0.6) is 0 Å². The van der Waals surface area contributed by atoms with Gasteiger partial charge in [0.2, 0.25) is 0 Å². The lowest BCUT2D eigenvalue weighted by Crippen LogP contribution is -2.00. The van der Waals surface area contributed by atoms with Crippen molar-refractivity contribution in [3.63, 3.8) is 0 Å². The standard InChI is InChI=1S/C11H14BrNO/c1-3-11(13-14-4-2)9-5-7-10(12)8-6-9/h5-8H,3-4H2,1-2H3. The van der Waals surface area contributed by atoms with E-state index in [0.717, 1.165) is 22.2 Å². The molecule has 0 aliphatic carbocycles. The topological polar surface area (TPSA) is 21.6 Å². The van der Waals surface area contributed by atoms with Gasteiger partial charge in [-0.15, -0.1) is 0 Å². The minimum atomic E-state index is 0.611. The number of halogens is 1. The molecule has 0 aliphatic heterocycles. The maximum absolute atomic E-state index is 5.05. The molecule has 0 N–H and O–H groups in total. The Morgan fingerprint density at radius 3 is 2.43 bits per heavy atom. The van der Waals surface area contributed by atoms with Crippen LogP contribution in [0, 0.1) is 0 Å². The first-order chi connectivity index (χ1) is 6.77. The van der Waals surface area contributed by atoms with E-state index in [1.807, 2.05) is 31.2 Å². The van der Waals surface area contributed by atoms with E-state index >= 15 is 0 Å². The van der Waals surface area contributed by atoms with Crippen molar-refractivity contribution in [2.45, 2.75) is 20.3 Å². The van der Waals surface area contributed by atoms with Crippen LogP contribution in [0.1, 0.15) is 25.8 Å². The zero-order valence-corrected chi connectivity index (χ0v) is 10.0. The van der Waals surface area contributed by atoms with Crippen LogP contribution in [0.4, 0.5) is 0 Å². The van der Waals surface area contributed by atoms with Gasteiger partial charge in [0.25, 0.3) is 0 Å². The highest BCUT2D eigenvalue weighted by Gasteiger charge is 2.00. The monoisotopic (exact) mass is 255 g/mol. The molecule has 0 heterocycles. The molecule has 0 spiro atoms. The van der Waals surface area contributed by atoms with Crippen LogP contribution in [-0.4, -0.2) is 12.3 Å². The fraction of sp³-hybridized carbons (Fsp3) is 0.364. The number of oxime groups is 1. The zero-order chi connectivity index (χ0) is 10.4. The Morgan fingerprint density at radius 2 is 1.93 bits per heavy atom. The van der Waals surface area contributed by atoms with Gasteiger partial charge in [-0.25, -0.2) is 0 Å². The molecule has 0 unspecified atom stereocenters. The molecule has 3 heteroatoms. The maximum atomic E-state index is 5.05. The lowest BCUT2D eigenvalue weighted by molar-refractivity contribution is 0.158. The first kappa shape index (κ1) is 11.2. The quantitative estimate of drug-likeness (QED) is 0.595. The van der Waals surface area contributed by atoms with Crippen LogP contribution < -0.4 is 0 Å². The van der Waals surface area contributed by atoms with Crippen molar-refractivity contribution < 1.29 is 4.84 Å². The summed E-state index contributed by atoms with van der Waals surface area (Å²) in [5.74, 6) is 0. The number of benzene rings is 1. The summed E-state index contributed by atoms with van der Waals surface area (Å²) >= 11 is 3.40. The number of hydrogen-bond donors (Lipinski definition) is 0. The summed E-state index contributed by atoms with van der Waals surface area (Å²) < 4.78 is 1.08. The molecule has 0 fully saturated rings. The molecule has 0 saturated carbocycles. The average Bonchev–Trinajstić information content (AvgIpc) is 2.21. The van der Waals surface area contributed by atoms with E-state index in [0.29, 0.717) is 6.61 Å². The lowest BCUT2D eigenvalue weighted by Gasteiger charge is -2.03. The predicted molar refractivity (Wildman–Crippen MR) is 62.6 cm³/mol. The van der Waals surface area contributed by atoms with Gasteiger partial charge in [-0.3, -0.25) is 0 Å². The van der Waals surface area contributed by atoms with E-state index in [1.54, 1.807) is 0 Å². The van der Waals surface area contributed by atoms with Crippen molar-refractivity contribution in [1.29, 1.82) is 0 Å². The summed E-state index contributed by atoms with van der Waals surface area (Å²) in [5, 5.41) is 4.06. The van der Waals surface area contributed by atoms with E-state index in [2.05, 4.69) is 28.0 Å². The molecule has 2 nitrogen and oxygen atoms in total. The van der Waals surface area contributed by atoms with Gasteiger partial charge in [-0.2, -0.15) is 0 Å². The highest BCUT2D eigenvalue weighted by Crippen LogP contribution is 2.12. The molecule has 0 aromatic heterocycles. The van der Waals surface area contributed by atoms with Gasteiger partial charge in [0, 0.05) is 4.47 Å². The second-order valence-corrected chi connectivity index (χ2v) is 3.73. The Kier molecular flexibility index (Phi) is 4.66. The Hall–Kier alpha value is -0.830. The summed E-state index contributed by atoms with van der Waals surface area (Å²) in [5.41, 5.74) is 2.10. The molecule has 76 valence electrons. The predicted octanol–water partition coefficient (Wildman–Crippen LogP) is 3.60. The Labute approximate surface area is 93.1 Å². The second-order valence-electron chi connectivity index (χ2n) is 2.82. The molecule has 1 rings (SSSR count). The van der Waals surface area contributed by atoms with Gasteiger partial charge < -0.3 is 4.84 Å². The van der Waals surface area contributed by atoms with Gasteiger partial charge in [-0.05, 0) is 31.0 Å². The molecule has 0 aliphatic rings. The maximum Gasteiger partial charge on any atom is 0.114 e. The molecule has 0 bridgehead atoms. The van der Waals surface area contributed by atoms with E-state index in [-0.39, 0.29) is 0 Å². The molecule has 0 saturated heterocycles. The first-order valence-electron chi connectivity index (χ1n) is 4.72. The van der Waals surface area contributed by atoms with Crippen molar-refractivity contribution in [3.8, 4) is 0 Å². The third kappa shape index (κ3) is 3.14. The number of hydrogen-bond acceptors (Lipinski definition) is 2. The summed E-state index contributed by atoms with van der Waals surface area (Å²) in [6.07, 6.45) is 0.877. The average molecular weight is 256 g/mol. The summed E-state index contributed by atoms with van der Waals surface area (Å²) in [4.78, 5) is 5.05. The van der Waals surface area contributed by atoms with Crippen molar-refractivity contribution in [1.82, 2.24) is 0 Å². The van der Waals surface area contributed by atoms with Crippen molar-refractivity contribution in [2.24, 2.45) is 5.16 Å². The van der Waals surface area contributed by atoms with Crippen molar-refractivity contribution in [2.75, 3.05) is 6.61 Å². The largest absolute Gasteiger partial charge is 0.396 e. The Balaban J connectivity index is 2.84. The first-order valence-corrected chi connectivity index (χ1v) is 5.52. The molecular formula is C11H14BrNO. The van der Waals surface area contributed by atoms with Gasteiger partial charge in [0.1, 0.15) is 6.61 Å². The van der Waals surface area contributed by atoms with Crippen molar-refractivity contribution in [3.05, 3.63) is 34.3 Å². The second kappa shape index (κ2) is 5.81. The highest BCUT2D eigenvalue weighted by atomic mass is 79.9. The van der Waals surface area contributed by atoms with Crippen LogP contribution in [0.25, 0.3) is 0 Å². The number of rotatable bonds is 4. The van der Waals surface area contributed by atoms with Gasteiger partial charge >= 0.3 is 0 Å². The SMILES string of the molecule is CCON=C(CC)c1ccc(Br)cc1. The van der Waals surface area contributed by atoms with Crippen LogP contribution in [0.15, 0.2) is 33.9 Å².